The minimum atomic E-state index is -0.589. The number of aromatic nitrogens is 3. The number of rotatable bonds is 6. The van der Waals surface area contributed by atoms with E-state index in [-0.39, 0.29) is 17.8 Å². The highest BCUT2D eigenvalue weighted by molar-refractivity contribution is 5.99. The number of imidazole rings is 1. The van der Waals surface area contributed by atoms with Gasteiger partial charge in [0.25, 0.3) is 11.6 Å². The fourth-order valence-corrected chi connectivity index (χ4v) is 1.69. The Morgan fingerprint density at radius 1 is 1.48 bits per heavy atom. The third-order valence-electron chi connectivity index (χ3n) is 2.67. The van der Waals surface area contributed by atoms with Crippen molar-refractivity contribution in [2.75, 3.05) is 11.9 Å². The zero-order valence-electron chi connectivity index (χ0n) is 11.3. The minimum Gasteiger partial charge on any atom is -0.370 e. The lowest BCUT2D eigenvalue weighted by Crippen LogP contribution is -2.24. The molecule has 2 aromatic rings. The van der Waals surface area contributed by atoms with Gasteiger partial charge in [0, 0.05) is 18.8 Å². The first-order valence-electron chi connectivity index (χ1n) is 6.25. The lowest BCUT2D eigenvalue weighted by atomic mass is 10.2. The largest absolute Gasteiger partial charge is 0.370 e. The average Bonchev–Trinajstić information content (AvgIpc) is 2.98. The molecule has 0 saturated carbocycles. The molecule has 0 unspecified atom stereocenters. The normalized spacial score (nSPS) is 10.1. The second kappa shape index (κ2) is 6.46. The number of hydrogen-bond acceptors (Lipinski definition) is 6. The van der Waals surface area contributed by atoms with Gasteiger partial charge in [-0.05, 0) is 6.92 Å². The number of aromatic amines is 1. The van der Waals surface area contributed by atoms with E-state index in [1.165, 1.54) is 12.4 Å². The summed E-state index contributed by atoms with van der Waals surface area (Å²) in [6.45, 7) is 2.63. The van der Waals surface area contributed by atoms with Crippen LogP contribution in [-0.4, -0.2) is 32.3 Å². The molecule has 1 amide bonds. The summed E-state index contributed by atoms with van der Waals surface area (Å²) in [7, 11) is 0. The quantitative estimate of drug-likeness (QED) is 0.539. The number of nitrogens with one attached hydrogen (secondary N) is 3. The molecule has 0 bridgehead atoms. The van der Waals surface area contributed by atoms with Crippen molar-refractivity contribution in [2.45, 2.75) is 13.5 Å². The standard InChI is InChI=1S/C12H14N6O3/c1-2-14-11-10(3-9(6-15-11)18(20)21)12(19)16-5-8-4-13-7-17-8/h3-4,6-7H,2,5H2,1H3,(H,13,17)(H,14,15)(H,16,19). The molecule has 2 rings (SSSR count). The summed E-state index contributed by atoms with van der Waals surface area (Å²) in [5.74, 6) is -0.137. The lowest BCUT2D eigenvalue weighted by Gasteiger charge is -2.09. The molecule has 0 aromatic carbocycles. The van der Waals surface area contributed by atoms with Crippen molar-refractivity contribution in [3.63, 3.8) is 0 Å². The van der Waals surface area contributed by atoms with Crippen molar-refractivity contribution < 1.29 is 9.72 Å². The molecular weight excluding hydrogens is 276 g/mol. The molecule has 0 spiro atoms. The molecule has 0 saturated heterocycles. The zero-order valence-corrected chi connectivity index (χ0v) is 11.3. The minimum absolute atomic E-state index is 0.130. The molecule has 9 nitrogen and oxygen atoms in total. The van der Waals surface area contributed by atoms with Gasteiger partial charge in [-0.15, -0.1) is 0 Å². The van der Waals surface area contributed by atoms with Gasteiger partial charge in [-0.2, -0.15) is 0 Å². The molecule has 2 heterocycles. The maximum Gasteiger partial charge on any atom is 0.288 e. The molecule has 0 aliphatic carbocycles. The zero-order chi connectivity index (χ0) is 15.2. The van der Waals surface area contributed by atoms with E-state index in [4.69, 9.17) is 0 Å². The van der Waals surface area contributed by atoms with Crippen LogP contribution in [0.2, 0.25) is 0 Å². The van der Waals surface area contributed by atoms with E-state index in [1.807, 2.05) is 6.92 Å². The molecule has 9 heteroatoms. The Balaban J connectivity index is 2.20. The number of amides is 1. The van der Waals surface area contributed by atoms with Gasteiger partial charge >= 0.3 is 0 Å². The van der Waals surface area contributed by atoms with Gasteiger partial charge in [0.15, 0.2) is 0 Å². The molecule has 0 fully saturated rings. The van der Waals surface area contributed by atoms with Crippen LogP contribution in [0.4, 0.5) is 11.5 Å². The Morgan fingerprint density at radius 2 is 2.29 bits per heavy atom. The molecule has 0 aliphatic rings. The highest BCUT2D eigenvalue weighted by Gasteiger charge is 2.17. The van der Waals surface area contributed by atoms with Crippen LogP contribution in [0.5, 0.6) is 0 Å². The van der Waals surface area contributed by atoms with Crippen molar-refractivity contribution in [2.24, 2.45) is 0 Å². The average molecular weight is 290 g/mol. The smallest absolute Gasteiger partial charge is 0.288 e. The van der Waals surface area contributed by atoms with Crippen LogP contribution >= 0.6 is 0 Å². The molecule has 2 aromatic heterocycles. The molecule has 0 atom stereocenters. The van der Waals surface area contributed by atoms with Gasteiger partial charge < -0.3 is 15.6 Å². The van der Waals surface area contributed by atoms with Gasteiger partial charge in [-0.1, -0.05) is 0 Å². The van der Waals surface area contributed by atoms with Crippen molar-refractivity contribution in [1.82, 2.24) is 20.3 Å². The first-order chi connectivity index (χ1) is 10.1. The van der Waals surface area contributed by atoms with Crippen LogP contribution in [0.3, 0.4) is 0 Å². The molecular formula is C12H14N6O3. The van der Waals surface area contributed by atoms with Crippen molar-refractivity contribution in [3.05, 3.63) is 46.2 Å². The molecule has 0 aliphatic heterocycles. The second-order valence-corrected chi connectivity index (χ2v) is 4.14. The van der Waals surface area contributed by atoms with Crippen molar-refractivity contribution in [3.8, 4) is 0 Å². The van der Waals surface area contributed by atoms with E-state index >= 15 is 0 Å². The van der Waals surface area contributed by atoms with E-state index in [1.54, 1.807) is 6.20 Å². The Morgan fingerprint density at radius 3 is 2.90 bits per heavy atom. The van der Waals surface area contributed by atoms with Crippen LogP contribution in [0.1, 0.15) is 23.0 Å². The summed E-state index contributed by atoms with van der Waals surface area (Å²) in [5, 5.41) is 16.3. The van der Waals surface area contributed by atoms with E-state index < -0.39 is 10.8 Å². The van der Waals surface area contributed by atoms with Crippen LogP contribution in [0.25, 0.3) is 0 Å². The molecule has 0 radical (unpaired) electrons. The fraction of sp³-hybridized carbons (Fsp3) is 0.250. The highest BCUT2D eigenvalue weighted by Crippen LogP contribution is 2.19. The van der Waals surface area contributed by atoms with Gasteiger partial charge in [0.1, 0.15) is 12.0 Å². The maximum atomic E-state index is 12.2. The van der Waals surface area contributed by atoms with Gasteiger partial charge in [-0.25, -0.2) is 9.97 Å². The number of carbonyl (C=O) groups excluding carboxylic acids is 1. The van der Waals surface area contributed by atoms with Gasteiger partial charge in [0.05, 0.1) is 29.1 Å². The number of hydrogen-bond donors (Lipinski definition) is 3. The van der Waals surface area contributed by atoms with E-state index in [0.29, 0.717) is 12.4 Å². The number of H-pyrrole nitrogens is 1. The predicted molar refractivity (Wildman–Crippen MR) is 74.8 cm³/mol. The number of pyridine rings is 1. The Bertz CT molecular complexity index is 640. The number of anilines is 1. The predicted octanol–water partition coefficient (Wildman–Crippen LogP) is 1.07. The van der Waals surface area contributed by atoms with Gasteiger partial charge in [-0.3, -0.25) is 14.9 Å². The van der Waals surface area contributed by atoms with Crippen LogP contribution in [-0.2, 0) is 6.54 Å². The third-order valence-corrected chi connectivity index (χ3v) is 2.67. The van der Waals surface area contributed by atoms with Crippen molar-refractivity contribution >= 4 is 17.4 Å². The van der Waals surface area contributed by atoms with Crippen LogP contribution in [0, 0.1) is 10.1 Å². The fourth-order valence-electron chi connectivity index (χ4n) is 1.69. The van der Waals surface area contributed by atoms with Crippen LogP contribution < -0.4 is 10.6 Å². The number of carbonyl (C=O) groups is 1. The van der Waals surface area contributed by atoms with Crippen molar-refractivity contribution in [1.29, 1.82) is 0 Å². The Labute approximate surface area is 120 Å². The lowest BCUT2D eigenvalue weighted by molar-refractivity contribution is -0.385. The number of nitro groups is 1. The summed E-state index contributed by atoms with van der Waals surface area (Å²) >= 11 is 0. The summed E-state index contributed by atoms with van der Waals surface area (Å²) in [6, 6.07) is 1.20. The highest BCUT2D eigenvalue weighted by atomic mass is 16.6. The summed E-state index contributed by atoms with van der Waals surface area (Å²) in [4.78, 5) is 33.0. The molecule has 110 valence electrons. The topological polar surface area (TPSA) is 126 Å². The monoisotopic (exact) mass is 290 g/mol. The molecule has 21 heavy (non-hydrogen) atoms. The maximum absolute atomic E-state index is 12.2. The molecule has 3 N–H and O–H groups in total. The Kier molecular flexibility index (Phi) is 4.44. The van der Waals surface area contributed by atoms with Gasteiger partial charge in [0.2, 0.25) is 0 Å². The van der Waals surface area contributed by atoms with E-state index in [9.17, 15) is 14.9 Å². The summed E-state index contributed by atoms with van der Waals surface area (Å²) in [6.07, 6.45) is 4.20. The third kappa shape index (κ3) is 3.53. The first kappa shape index (κ1) is 14.4. The van der Waals surface area contributed by atoms with Crippen LogP contribution in [0.15, 0.2) is 24.8 Å². The summed E-state index contributed by atoms with van der Waals surface area (Å²) < 4.78 is 0. The Hall–Kier alpha value is -2.97. The SMILES string of the molecule is CCNc1ncc([N+](=O)[O-])cc1C(=O)NCc1cnc[nH]1. The van der Waals surface area contributed by atoms with E-state index in [2.05, 4.69) is 25.6 Å². The van der Waals surface area contributed by atoms with E-state index in [0.717, 1.165) is 11.9 Å². The number of nitrogens with zero attached hydrogens (tertiary/aromatic N) is 3. The first-order valence-corrected chi connectivity index (χ1v) is 6.25. The second-order valence-electron chi connectivity index (χ2n) is 4.14. The summed E-state index contributed by atoms with van der Waals surface area (Å²) in [5.41, 5.74) is 0.626.